The first-order valence-corrected chi connectivity index (χ1v) is 10.2. The molecule has 0 bridgehead atoms. The number of carbonyl (C=O) groups is 1. The van der Waals surface area contributed by atoms with Crippen molar-refractivity contribution in [3.63, 3.8) is 0 Å². The molecule has 0 spiro atoms. The molecular weight excluding hydrogens is 366 g/mol. The highest BCUT2D eigenvalue weighted by molar-refractivity contribution is 5.84. The van der Waals surface area contributed by atoms with Crippen molar-refractivity contribution < 1.29 is 9.53 Å². The fourth-order valence-electron chi connectivity index (χ4n) is 4.26. The molecule has 1 atom stereocenters. The minimum atomic E-state index is -0.159. The summed E-state index contributed by atoms with van der Waals surface area (Å²) in [5.74, 6) is 0.855. The van der Waals surface area contributed by atoms with Crippen LogP contribution < -0.4 is 10.1 Å². The third-order valence-electron chi connectivity index (χ3n) is 5.82. The molecule has 0 aliphatic heterocycles. The lowest BCUT2D eigenvalue weighted by atomic mass is 10.1. The van der Waals surface area contributed by atoms with E-state index in [1.165, 1.54) is 18.4 Å². The molecule has 3 aromatic heterocycles. The Balaban J connectivity index is 1.28. The minimum Gasteiger partial charge on any atom is -0.468 e. The van der Waals surface area contributed by atoms with Crippen molar-refractivity contribution in [2.24, 2.45) is 7.05 Å². The smallest absolute Gasteiger partial charge is 0.258 e. The summed E-state index contributed by atoms with van der Waals surface area (Å²) < 4.78 is 7.54. The SMILES string of the molecule is Cc1cnc2c(c1)CC[C@@H]2NC(=O)COc1cc(C)c2c(C3CC3)nn(C)c2n1. The van der Waals surface area contributed by atoms with Gasteiger partial charge in [0, 0.05) is 30.6 Å². The number of pyridine rings is 2. The van der Waals surface area contributed by atoms with Crippen LogP contribution in [0.25, 0.3) is 11.0 Å². The summed E-state index contributed by atoms with van der Waals surface area (Å²) in [5.41, 5.74) is 6.38. The number of rotatable bonds is 5. The van der Waals surface area contributed by atoms with Crippen LogP contribution in [0.15, 0.2) is 18.3 Å². The van der Waals surface area contributed by atoms with Crippen LogP contribution in [0.5, 0.6) is 5.88 Å². The van der Waals surface area contributed by atoms with Gasteiger partial charge in [0.25, 0.3) is 5.91 Å². The standard InChI is InChI=1S/C22H25N5O2/c1-12-8-15-6-7-16(20(15)23-10-12)24-17(28)11-29-18-9-13(2)19-21(14-4-5-14)26-27(3)22(19)25-18/h8-10,14,16H,4-7,11H2,1-3H3,(H,24,28)/t16-/m0/s1. The number of hydrogen-bond acceptors (Lipinski definition) is 5. The van der Waals surface area contributed by atoms with Crippen LogP contribution in [0.4, 0.5) is 0 Å². The number of fused-ring (bicyclic) bond motifs is 2. The molecule has 5 rings (SSSR count). The molecule has 29 heavy (non-hydrogen) atoms. The number of carbonyl (C=O) groups excluding carboxylic acids is 1. The molecule has 1 N–H and O–H groups in total. The number of hydrogen-bond donors (Lipinski definition) is 1. The second-order valence-corrected chi connectivity index (χ2v) is 8.26. The van der Waals surface area contributed by atoms with Crippen molar-refractivity contribution in [1.29, 1.82) is 0 Å². The van der Waals surface area contributed by atoms with Gasteiger partial charge < -0.3 is 10.1 Å². The topological polar surface area (TPSA) is 81.9 Å². The van der Waals surface area contributed by atoms with Gasteiger partial charge in [-0.3, -0.25) is 14.5 Å². The van der Waals surface area contributed by atoms with Crippen LogP contribution in [0, 0.1) is 13.8 Å². The summed E-state index contributed by atoms with van der Waals surface area (Å²) in [5, 5.41) is 8.82. The predicted octanol–water partition coefficient (Wildman–Crippen LogP) is 3.04. The van der Waals surface area contributed by atoms with Crippen LogP contribution >= 0.6 is 0 Å². The molecule has 0 saturated heterocycles. The van der Waals surface area contributed by atoms with E-state index in [0.717, 1.165) is 46.4 Å². The van der Waals surface area contributed by atoms with Gasteiger partial charge in [-0.05, 0) is 56.2 Å². The Morgan fingerprint density at radius 1 is 1.24 bits per heavy atom. The maximum absolute atomic E-state index is 12.5. The number of aromatic nitrogens is 4. The summed E-state index contributed by atoms with van der Waals surface area (Å²) in [6.45, 7) is 4.02. The van der Waals surface area contributed by atoms with E-state index < -0.39 is 0 Å². The fourth-order valence-corrected chi connectivity index (χ4v) is 4.26. The number of nitrogens with one attached hydrogen (secondary N) is 1. The van der Waals surface area contributed by atoms with E-state index in [0.29, 0.717) is 11.8 Å². The molecule has 7 nitrogen and oxygen atoms in total. The van der Waals surface area contributed by atoms with Crippen LogP contribution in [0.3, 0.4) is 0 Å². The third-order valence-corrected chi connectivity index (χ3v) is 5.82. The van der Waals surface area contributed by atoms with Crippen molar-refractivity contribution in [3.05, 3.63) is 46.4 Å². The average molecular weight is 391 g/mol. The van der Waals surface area contributed by atoms with Crippen LogP contribution in [0.1, 0.15) is 59.3 Å². The molecule has 7 heteroatoms. The Bertz CT molecular complexity index is 1120. The Morgan fingerprint density at radius 3 is 2.86 bits per heavy atom. The number of nitrogens with zero attached hydrogens (tertiary/aromatic N) is 4. The summed E-state index contributed by atoms with van der Waals surface area (Å²) >= 11 is 0. The Kier molecular flexibility index (Phi) is 4.26. The molecule has 1 fully saturated rings. The van der Waals surface area contributed by atoms with E-state index >= 15 is 0 Å². The van der Waals surface area contributed by atoms with E-state index in [1.807, 2.05) is 37.8 Å². The first-order chi connectivity index (χ1) is 14.0. The zero-order valence-corrected chi connectivity index (χ0v) is 17.0. The first-order valence-electron chi connectivity index (χ1n) is 10.2. The molecule has 1 amide bonds. The van der Waals surface area contributed by atoms with Gasteiger partial charge in [0.2, 0.25) is 5.88 Å². The van der Waals surface area contributed by atoms with Gasteiger partial charge in [-0.25, -0.2) is 0 Å². The van der Waals surface area contributed by atoms with Crippen LogP contribution in [-0.2, 0) is 18.3 Å². The van der Waals surface area contributed by atoms with E-state index in [2.05, 4.69) is 26.4 Å². The molecule has 3 heterocycles. The Morgan fingerprint density at radius 2 is 2.07 bits per heavy atom. The van der Waals surface area contributed by atoms with Gasteiger partial charge in [0.1, 0.15) is 0 Å². The zero-order valence-electron chi connectivity index (χ0n) is 17.0. The van der Waals surface area contributed by atoms with Crippen molar-refractivity contribution in [1.82, 2.24) is 25.1 Å². The van der Waals surface area contributed by atoms with Crippen LogP contribution in [0.2, 0.25) is 0 Å². The van der Waals surface area contributed by atoms with Gasteiger partial charge in [-0.2, -0.15) is 10.1 Å². The summed E-state index contributed by atoms with van der Waals surface area (Å²) in [6, 6.07) is 4.01. The van der Waals surface area contributed by atoms with Crippen LogP contribution in [-0.4, -0.2) is 32.3 Å². The van der Waals surface area contributed by atoms with Gasteiger partial charge >= 0.3 is 0 Å². The highest BCUT2D eigenvalue weighted by Crippen LogP contribution is 2.43. The maximum atomic E-state index is 12.5. The zero-order chi connectivity index (χ0) is 20.1. The molecule has 1 saturated carbocycles. The summed E-state index contributed by atoms with van der Waals surface area (Å²) in [7, 11) is 1.91. The summed E-state index contributed by atoms with van der Waals surface area (Å²) in [4.78, 5) is 21.6. The lowest BCUT2D eigenvalue weighted by molar-refractivity contribution is -0.123. The van der Waals surface area contributed by atoms with E-state index in [-0.39, 0.29) is 18.6 Å². The Labute approximate surface area is 169 Å². The van der Waals surface area contributed by atoms with E-state index in [9.17, 15) is 4.79 Å². The molecule has 150 valence electrons. The molecular formula is C22H25N5O2. The Hall–Kier alpha value is -2.96. The highest BCUT2D eigenvalue weighted by Gasteiger charge is 2.30. The quantitative estimate of drug-likeness (QED) is 0.723. The minimum absolute atomic E-state index is 0.0444. The average Bonchev–Trinajstić information content (AvgIpc) is 3.39. The molecule has 0 radical (unpaired) electrons. The van der Waals surface area contributed by atoms with E-state index in [1.54, 1.807) is 0 Å². The second kappa shape index (κ2) is 6.83. The number of amides is 1. The van der Waals surface area contributed by atoms with Gasteiger partial charge in [0.15, 0.2) is 12.3 Å². The highest BCUT2D eigenvalue weighted by atomic mass is 16.5. The molecule has 2 aliphatic carbocycles. The van der Waals surface area contributed by atoms with Crippen molar-refractivity contribution in [3.8, 4) is 5.88 Å². The van der Waals surface area contributed by atoms with E-state index in [4.69, 9.17) is 4.74 Å². The second-order valence-electron chi connectivity index (χ2n) is 8.26. The molecule has 3 aromatic rings. The maximum Gasteiger partial charge on any atom is 0.258 e. The predicted molar refractivity (Wildman–Crippen MR) is 109 cm³/mol. The molecule has 2 aliphatic rings. The largest absolute Gasteiger partial charge is 0.468 e. The normalized spacial score (nSPS) is 18.1. The van der Waals surface area contributed by atoms with Gasteiger partial charge in [-0.15, -0.1) is 0 Å². The van der Waals surface area contributed by atoms with Gasteiger partial charge in [0.05, 0.1) is 17.4 Å². The number of ether oxygens (including phenoxy) is 1. The first kappa shape index (κ1) is 18.1. The lowest BCUT2D eigenvalue weighted by Gasteiger charge is -2.14. The van der Waals surface area contributed by atoms with Crippen molar-refractivity contribution in [2.75, 3.05) is 6.61 Å². The molecule has 0 aromatic carbocycles. The fraction of sp³-hybridized carbons (Fsp3) is 0.455. The third kappa shape index (κ3) is 3.34. The monoisotopic (exact) mass is 391 g/mol. The molecule has 0 unspecified atom stereocenters. The van der Waals surface area contributed by atoms with Crippen molar-refractivity contribution >= 4 is 16.9 Å². The summed E-state index contributed by atoms with van der Waals surface area (Å²) in [6.07, 6.45) is 6.06. The number of aryl methyl sites for hydroxylation is 4. The van der Waals surface area contributed by atoms with Gasteiger partial charge in [-0.1, -0.05) is 6.07 Å². The lowest BCUT2D eigenvalue weighted by Crippen LogP contribution is -2.32. The van der Waals surface area contributed by atoms with Crippen molar-refractivity contribution in [2.45, 2.75) is 51.5 Å².